The molecule has 0 saturated carbocycles. The van der Waals surface area contributed by atoms with E-state index in [-0.39, 0.29) is 23.7 Å². The fraction of sp³-hybridized carbons (Fsp3) is 0.269. The van der Waals surface area contributed by atoms with Gasteiger partial charge in [0.1, 0.15) is 5.82 Å². The van der Waals surface area contributed by atoms with Crippen molar-refractivity contribution in [2.45, 2.75) is 19.0 Å². The van der Waals surface area contributed by atoms with Crippen molar-refractivity contribution < 1.29 is 9.18 Å². The van der Waals surface area contributed by atoms with E-state index in [1.165, 1.54) is 23.4 Å². The van der Waals surface area contributed by atoms with Crippen LogP contribution in [0.3, 0.4) is 0 Å². The lowest BCUT2D eigenvalue weighted by Crippen LogP contribution is -2.61. The van der Waals surface area contributed by atoms with Crippen molar-refractivity contribution in [3.63, 3.8) is 0 Å². The fourth-order valence-corrected chi connectivity index (χ4v) is 4.86. The third-order valence-electron chi connectivity index (χ3n) is 6.46. The molecular weight excluding hydrogens is 389 g/mol. The predicted molar refractivity (Wildman–Crippen MR) is 122 cm³/mol. The van der Waals surface area contributed by atoms with Crippen LogP contribution in [0, 0.1) is 11.7 Å². The number of para-hydroxylation sites is 1. The lowest BCUT2D eigenvalue weighted by molar-refractivity contribution is -0.126. The van der Waals surface area contributed by atoms with Gasteiger partial charge in [-0.25, -0.2) is 4.39 Å². The Morgan fingerprint density at radius 1 is 0.935 bits per heavy atom. The zero-order valence-electron chi connectivity index (χ0n) is 17.4. The van der Waals surface area contributed by atoms with Crippen molar-refractivity contribution in [1.82, 2.24) is 5.32 Å². The molecule has 0 aromatic heterocycles. The molecule has 3 aromatic rings. The van der Waals surface area contributed by atoms with Gasteiger partial charge in [0.15, 0.2) is 0 Å². The first-order chi connectivity index (χ1) is 15.2. The minimum absolute atomic E-state index is 0.0736. The van der Waals surface area contributed by atoms with Gasteiger partial charge >= 0.3 is 0 Å². The van der Waals surface area contributed by atoms with E-state index in [2.05, 4.69) is 33.3 Å². The average molecular weight is 416 g/mol. The van der Waals surface area contributed by atoms with Crippen LogP contribution in [0.2, 0.25) is 0 Å². The topological polar surface area (TPSA) is 35.6 Å². The van der Waals surface area contributed by atoms with Crippen molar-refractivity contribution >= 4 is 17.3 Å². The van der Waals surface area contributed by atoms with Crippen molar-refractivity contribution in [2.75, 3.05) is 29.4 Å². The number of nitrogens with zero attached hydrogens (tertiary/aromatic N) is 2. The average Bonchev–Trinajstić information content (AvgIpc) is 2.83. The molecule has 3 aromatic carbocycles. The van der Waals surface area contributed by atoms with Crippen molar-refractivity contribution in [3.8, 4) is 0 Å². The van der Waals surface area contributed by atoms with E-state index in [9.17, 15) is 9.18 Å². The summed E-state index contributed by atoms with van der Waals surface area (Å²) in [6, 6.07) is 25.1. The van der Waals surface area contributed by atoms with E-state index < -0.39 is 0 Å². The third-order valence-corrected chi connectivity index (χ3v) is 6.46. The molecule has 0 radical (unpaired) electrons. The van der Waals surface area contributed by atoms with Crippen LogP contribution in [0.1, 0.15) is 11.1 Å². The van der Waals surface area contributed by atoms with Crippen molar-refractivity contribution in [3.05, 3.63) is 95.8 Å². The summed E-state index contributed by atoms with van der Waals surface area (Å²) in [5, 5.41) is 3.16. The molecule has 2 aliphatic rings. The Balaban J connectivity index is 1.39. The summed E-state index contributed by atoms with van der Waals surface area (Å²) in [5.74, 6) is -0.275. The number of carbonyl (C=O) groups excluding carboxylic acids is 1. The van der Waals surface area contributed by atoms with E-state index >= 15 is 0 Å². The van der Waals surface area contributed by atoms with Crippen molar-refractivity contribution in [2.24, 2.45) is 5.92 Å². The van der Waals surface area contributed by atoms with E-state index in [1.54, 1.807) is 0 Å². The lowest BCUT2D eigenvalue weighted by atomic mass is 9.83. The zero-order valence-corrected chi connectivity index (χ0v) is 17.4. The van der Waals surface area contributed by atoms with Gasteiger partial charge in [-0.1, -0.05) is 48.5 Å². The first-order valence-corrected chi connectivity index (χ1v) is 10.9. The maximum Gasteiger partial charge on any atom is 0.225 e. The Labute approximate surface area is 182 Å². The van der Waals surface area contributed by atoms with Crippen LogP contribution in [0.25, 0.3) is 0 Å². The summed E-state index contributed by atoms with van der Waals surface area (Å²) in [6.07, 6.45) is 0.731. The number of hydrogen-bond donors (Lipinski definition) is 1. The Kier molecular flexibility index (Phi) is 5.33. The SMILES string of the molecule is O=C(NCc1ccccc1)C1Cc2ccccc2N2CCN(c3ccc(F)cc3)CC12. The molecule has 0 bridgehead atoms. The molecule has 2 atom stereocenters. The number of amides is 1. The Hall–Kier alpha value is -3.34. The number of rotatable bonds is 4. The van der Waals surface area contributed by atoms with Gasteiger partial charge in [0.2, 0.25) is 5.91 Å². The number of hydrogen-bond acceptors (Lipinski definition) is 3. The summed E-state index contributed by atoms with van der Waals surface area (Å²) < 4.78 is 13.4. The van der Waals surface area contributed by atoms with E-state index in [1.807, 2.05) is 48.5 Å². The largest absolute Gasteiger partial charge is 0.368 e. The summed E-state index contributed by atoms with van der Waals surface area (Å²) in [5.41, 5.74) is 4.57. The van der Waals surface area contributed by atoms with Gasteiger partial charge in [-0.15, -0.1) is 0 Å². The molecule has 0 spiro atoms. The highest BCUT2D eigenvalue weighted by Crippen LogP contribution is 2.37. The molecule has 2 unspecified atom stereocenters. The van der Waals surface area contributed by atoms with Gasteiger partial charge in [0, 0.05) is 37.6 Å². The maximum atomic E-state index is 13.4. The lowest BCUT2D eigenvalue weighted by Gasteiger charge is -2.49. The molecule has 158 valence electrons. The fourth-order valence-electron chi connectivity index (χ4n) is 4.86. The first-order valence-electron chi connectivity index (χ1n) is 10.9. The molecule has 2 heterocycles. The van der Waals surface area contributed by atoms with Gasteiger partial charge in [-0.2, -0.15) is 0 Å². The summed E-state index contributed by atoms with van der Waals surface area (Å²) >= 11 is 0. The number of fused-ring (bicyclic) bond motifs is 3. The van der Waals surface area contributed by atoms with E-state index in [4.69, 9.17) is 0 Å². The van der Waals surface area contributed by atoms with Crippen LogP contribution in [0.4, 0.5) is 15.8 Å². The maximum absolute atomic E-state index is 13.4. The highest BCUT2D eigenvalue weighted by Gasteiger charge is 2.41. The molecule has 1 N–H and O–H groups in total. The van der Waals surface area contributed by atoms with Gasteiger partial charge in [-0.05, 0) is 47.9 Å². The third kappa shape index (κ3) is 4.00. The quantitative estimate of drug-likeness (QED) is 0.699. The number of benzene rings is 3. The van der Waals surface area contributed by atoms with Gasteiger partial charge < -0.3 is 15.1 Å². The molecule has 1 amide bonds. The van der Waals surface area contributed by atoms with Crippen LogP contribution in [-0.2, 0) is 17.8 Å². The van der Waals surface area contributed by atoms with Crippen LogP contribution >= 0.6 is 0 Å². The van der Waals surface area contributed by atoms with Crippen LogP contribution in [-0.4, -0.2) is 31.6 Å². The van der Waals surface area contributed by atoms with Crippen molar-refractivity contribution in [1.29, 1.82) is 0 Å². The summed E-state index contributed by atoms with van der Waals surface area (Å²) in [4.78, 5) is 18.0. The molecule has 0 aliphatic carbocycles. The summed E-state index contributed by atoms with van der Waals surface area (Å²) in [6.45, 7) is 2.95. The Bertz CT molecular complexity index is 1050. The highest BCUT2D eigenvalue weighted by molar-refractivity contribution is 5.82. The predicted octanol–water partition coefficient (Wildman–Crippen LogP) is 4.01. The minimum Gasteiger partial charge on any atom is -0.368 e. The highest BCUT2D eigenvalue weighted by atomic mass is 19.1. The summed E-state index contributed by atoms with van der Waals surface area (Å²) in [7, 11) is 0. The molecular formula is C26H26FN3O. The van der Waals surface area contributed by atoms with Gasteiger partial charge in [0.05, 0.1) is 12.0 Å². The van der Waals surface area contributed by atoms with E-state index in [0.29, 0.717) is 6.54 Å². The molecule has 1 saturated heterocycles. The number of halogens is 1. The Morgan fingerprint density at radius 2 is 1.68 bits per heavy atom. The second-order valence-electron chi connectivity index (χ2n) is 8.33. The number of carbonyl (C=O) groups is 1. The van der Waals surface area contributed by atoms with Crippen LogP contribution < -0.4 is 15.1 Å². The monoisotopic (exact) mass is 415 g/mol. The molecule has 31 heavy (non-hydrogen) atoms. The number of anilines is 2. The normalized spacial score (nSPS) is 20.0. The molecule has 4 nitrogen and oxygen atoms in total. The first kappa shape index (κ1) is 19.6. The Morgan fingerprint density at radius 3 is 2.48 bits per heavy atom. The van der Waals surface area contributed by atoms with E-state index in [0.717, 1.165) is 37.3 Å². The molecule has 2 aliphatic heterocycles. The number of piperazine rings is 1. The smallest absolute Gasteiger partial charge is 0.225 e. The molecule has 5 heteroatoms. The second kappa shape index (κ2) is 8.42. The van der Waals surface area contributed by atoms with Gasteiger partial charge in [-0.3, -0.25) is 4.79 Å². The van der Waals surface area contributed by atoms with Crippen LogP contribution in [0.15, 0.2) is 78.9 Å². The number of nitrogens with one attached hydrogen (secondary N) is 1. The standard InChI is InChI=1S/C26H26FN3O/c27-21-10-12-22(13-11-21)29-14-15-30-24-9-5-4-8-20(24)16-23(25(30)18-29)26(31)28-17-19-6-2-1-3-7-19/h1-13,23,25H,14-18H2,(H,28,31). The van der Waals surface area contributed by atoms with Gasteiger partial charge in [0.25, 0.3) is 0 Å². The molecule has 5 rings (SSSR count). The zero-order chi connectivity index (χ0) is 21.2. The van der Waals surface area contributed by atoms with Crippen LogP contribution in [0.5, 0.6) is 0 Å². The minimum atomic E-state index is -0.229. The second-order valence-corrected chi connectivity index (χ2v) is 8.33. The molecule has 1 fully saturated rings.